The van der Waals surface area contributed by atoms with Crippen LogP contribution < -0.4 is 11.1 Å². The average molecular weight is 278 g/mol. The van der Waals surface area contributed by atoms with Crippen molar-refractivity contribution in [3.8, 4) is 0 Å². The van der Waals surface area contributed by atoms with Crippen molar-refractivity contribution < 1.29 is 4.79 Å². The van der Waals surface area contributed by atoms with Gasteiger partial charge in [0.1, 0.15) is 0 Å². The van der Waals surface area contributed by atoms with E-state index in [1.54, 1.807) is 0 Å². The molecular formula is C15H26N4O. The summed E-state index contributed by atoms with van der Waals surface area (Å²) in [6.45, 7) is 5.54. The number of aryl methyl sites for hydroxylation is 3. The third-order valence-electron chi connectivity index (χ3n) is 4.13. The van der Waals surface area contributed by atoms with Gasteiger partial charge in [-0.1, -0.05) is 19.3 Å². The summed E-state index contributed by atoms with van der Waals surface area (Å²) in [5.74, 6) is 0.0190. The predicted molar refractivity (Wildman–Crippen MR) is 79.3 cm³/mol. The molecule has 1 aromatic rings. The van der Waals surface area contributed by atoms with Gasteiger partial charge in [0.05, 0.1) is 11.2 Å². The molecule has 0 saturated heterocycles. The Morgan fingerprint density at radius 3 is 2.70 bits per heavy atom. The second kappa shape index (κ2) is 6.39. The molecule has 1 aliphatic rings. The number of hydrogen-bond acceptors (Lipinski definition) is 3. The Hall–Kier alpha value is -1.36. The van der Waals surface area contributed by atoms with Crippen LogP contribution in [0.25, 0.3) is 0 Å². The molecular weight excluding hydrogens is 252 g/mol. The number of nitrogens with zero attached hydrogens (tertiary/aromatic N) is 2. The number of carbonyl (C=O) groups excluding carboxylic acids is 1. The molecule has 20 heavy (non-hydrogen) atoms. The standard InChI is InChI=1S/C15H26N4O/c1-12-11-13(2)19(18-12)10-6-9-17-14(20)15(16)7-4-3-5-8-15/h11H,3-10,16H2,1-2H3,(H,17,20). The molecule has 1 fully saturated rings. The van der Waals surface area contributed by atoms with Crippen LogP contribution in [-0.4, -0.2) is 27.8 Å². The fourth-order valence-corrected chi connectivity index (χ4v) is 2.92. The van der Waals surface area contributed by atoms with Crippen molar-refractivity contribution >= 4 is 5.91 Å². The molecule has 0 radical (unpaired) electrons. The topological polar surface area (TPSA) is 72.9 Å². The first kappa shape index (κ1) is 15.0. The molecule has 0 atom stereocenters. The first-order chi connectivity index (χ1) is 9.51. The zero-order chi connectivity index (χ0) is 14.6. The average Bonchev–Trinajstić information content (AvgIpc) is 2.73. The molecule has 1 saturated carbocycles. The number of carbonyl (C=O) groups is 1. The number of rotatable bonds is 5. The Kier molecular flexibility index (Phi) is 4.81. The van der Waals surface area contributed by atoms with E-state index in [1.165, 1.54) is 6.42 Å². The van der Waals surface area contributed by atoms with E-state index in [4.69, 9.17) is 5.73 Å². The first-order valence-electron chi connectivity index (χ1n) is 7.59. The van der Waals surface area contributed by atoms with Crippen LogP contribution in [-0.2, 0) is 11.3 Å². The van der Waals surface area contributed by atoms with Gasteiger partial charge in [-0.3, -0.25) is 9.48 Å². The van der Waals surface area contributed by atoms with Gasteiger partial charge in [0.25, 0.3) is 0 Å². The van der Waals surface area contributed by atoms with Crippen molar-refractivity contribution in [3.63, 3.8) is 0 Å². The van der Waals surface area contributed by atoms with E-state index < -0.39 is 5.54 Å². The third-order valence-corrected chi connectivity index (χ3v) is 4.13. The highest BCUT2D eigenvalue weighted by Gasteiger charge is 2.34. The molecule has 0 aromatic carbocycles. The summed E-state index contributed by atoms with van der Waals surface area (Å²) in [4.78, 5) is 12.1. The fourth-order valence-electron chi connectivity index (χ4n) is 2.92. The summed E-state index contributed by atoms with van der Waals surface area (Å²) in [5.41, 5.74) is 7.77. The van der Waals surface area contributed by atoms with Crippen molar-refractivity contribution in [3.05, 3.63) is 17.5 Å². The Morgan fingerprint density at radius 1 is 1.40 bits per heavy atom. The van der Waals surface area contributed by atoms with Crippen molar-refractivity contribution in [2.45, 2.75) is 64.5 Å². The highest BCUT2D eigenvalue weighted by molar-refractivity contribution is 5.86. The highest BCUT2D eigenvalue weighted by atomic mass is 16.2. The maximum Gasteiger partial charge on any atom is 0.240 e. The van der Waals surface area contributed by atoms with Crippen LogP contribution in [0.3, 0.4) is 0 Å². The van der Waals surface area contributed by atoms with E-state index in [0.717, 1.165) is 50.0 Å². The van der Waals surface area contributed by atoms with Crippen LogP contribution in [0.2, 0.25) is 0 Å². The van der Waals surface area contributed by atoms with Gasteiger partial charge >= 0.3 is 0 Å². The summed E-state index contributed by atoms with van der Waals surface area (Å²) in [7, 11) is 0. The van der Waals surface area contributed by atoms with E-state index >= 15 is 0 Å². The van der Waals surface area contributed by atoms with Gasteiger partial charge in [-0.25, -0.2) is 0 Å². The summed E-state index contributed by atoms with van der Waals surface area (Å²) >= 11 is 0. The minimum Gasteiger partial charge on any atom is -0.354 e. The molecule has 3 N–H and O–H groups in total. The number of hydrogen-bond donors (Lipinski definition) is 2. The van der Waals surface area contributed by atoms with Gasteiger partial charge in [-0.05, 0) is 39.2 Å². The van der Waals surface area contributed by atoms with E-state index in [0.29, 0.717) is 6.54 Å². The Labute approximate surface area is 120 Å². The summed E-state index contributed by atoms with van der Waals surface area (Å²) in [6.07, 6.45) is 5.84. The van der Waals surface area contributed by atoms with Gasteiger partial charge in [-0.15, -0.1) is 0 Å². The molecule has 0 bridgehead atoms. The van der Waals surface area contributed by atoms with Crippen molar-refractivity contribution in [2.24, 2.45) is 5.73 Å². The van der Waals surface area contributed by atoms with Crippen LogP contribution in [0.15, 0.2) is 6.07 Å². The molecule has 1 amide bonds. The molecule has 112 valence electrons. The lowest BCUT2D eigenvalue weighted by Gasteiger charge is -2.31. The van der Waals surface area contributed by atoms with Crippen LogP contribution >= 0.6 is 0 Å². The van der Waals surface area contributed by atoms with Crippen LogP contribution in [0.5, 0.6) is 0 Å². The van der Waals surface area contributed by atoms with Gasteiger partial charge in [0.2, 0.25) is 5.91 Å². The van der Waals surface area contributed by atoms with Crippen LogP contribution in [0, 0.1) is 13.8 Å². The molecule has 0 spiro atoms. The number of nitrogens with one attached hydrogen (secondary N) is 1. The maximum absolute atomic E-state index is 12.1. The molecule has 5 heteroatoms. The number of amides is 1. The smallest absolute Gasteiger partial charge is 0.240 e. The molecule has 1 aliphatic carbocycles. The van der Waals surface area contributed by atoms with E-state index in [-0.39, 0.29) is 5.91 Å². The summed E-state index contributed by atoms with van der Waals surface area (Å²) < 4.78 is 1.99. The quantitative estimate of drug-likeness (QED) is 0.805. The van der Waals surface area contributed by atoms with E-state index in [1.807, 2.05) is 11.6 Å². The third kappa shape index (κ3) is 3.60. The lowest BCUT2D eigenvalue weighted by atomic mass is 9.82. The number of nitrogens with two attached hydrogens (primary N) is 1. The van der Waals surface area contributed by atoms with Crippen LogP contribution in [0.4, 0.5) is 0 Å². The Morgan fingerprint density at radius 2 is 2.10 bits per heavy atom. The second-order valence-corrected chi connectivity index (χ2v) is 5.98. The summed E-state index contributed by atoms with van der Waals surface area (Å²) in [6, 6.07) is 2.06. The van der Waals surface area contributed by atoms with E-state index in [9.17, 15) is 4.79 Å². The van der Waals surface area contributed by atoms with Gasteiger partial charge in [0, 0.05) is 18.8 Å². The molecule has 0 aliphatic heterocycles. The first-order valence-corrected chi connectivity index (χ1v) is 7.59. The highest BCUT2D eigenvalue weighted by Crippen LogP contribution is 2.25. The molecule has 5 nitrogen and oxygen atoms in total. The lowest BCUT2D eigenvalue weighted by Crippen LogP contribution is -2.55. The Bertz CT molecular complexity index is 460. The molecule has 1 heterocycles. The predicted octanol–water partition coefficient (Wildman–Crippen LogP) is 1.67. The monoisotopic (exact) mass is 278 g/mol. The molecule has 2 rings (SSSR count). The fraction of sp³-hybridized carbons (Fsp3) is 0.733. The van der Waals surface area contributed by atoms with Gasteiger partial charge < -0.3 is 11.1 Å². The SMILES string of the molecule is Cc1cc(C)n(CCCNC(=O)C2(N)CCCCC2)n1. The molecule has 0 unspecified atom stereocenters. The molecule has 1 aromatic heterocycles. The lowest BCUT2D eigenvalue weighted by molar-refractivity contribution is -0.127. The Balaban J connectivity index is 1.73. The largest absolute Gasteiger partial charge is 0.354 e. The second-order valence-electron chi connectivity index (χ2n) is 5.98. The van der Waals surface area contributed by atoms with Crippen LogP contribution in [0.1, 0.15) is 49.9 Å². The number of aromatic nitrogens is 2. The summed E-state index contributed by atoms with van der Waals surface area (Å²) in [5, 5.41) is 7.39. The minimum atomic E-state index is -0.629. The van der Waals surface area contributed by atoms with E-state index in [2.05, 4.69) is 23.4 Å². The van der Waals surface area contributed by atoms with Gasteiger partial charge in [0.15, 0.2) is 0 Å². The normalized spacial score (nSPS) is 17.9. The maximum atomic E-state index is 12.1. The van der Waals surface area contributed by atoms with Crippen molar-refractivity contribution in [1.29, 1.82) is 0 Å². The zero-order valence-electron chi connectivity index (χ0n) is 12.6. The minimum absolute atomic E-state index is 0.0190. The van der Waals surface area contributed by atoms with Gasteiger partial charge in [-0.2, -0.15) is 5.10 Å². The van der Waals surface area contributed by atoms with Crippen molar-refractivity contribution in [1.82, 2.24) is 15.1 Å². The zero-order valence-corrected chi connectivity index (χ0v) is 12.6. The van der Waals surface area contributed by atoms with Crippen molar-refractivity contribution in [2.75, 3.05) is 6.54 Å².